The summed E-state index contributed by atoms with van der Waals surface area (Å²) in [7, 11) is 0. The van der Waals surface area contributed by atoms with Gasteiger partial charge in [-0.25, -0.2) is 0 Å². The van der Waals surface area contributed by atoms with Gasteiger partial charge in [0.15, 0.2) is 0 Å². The first kappa shape index (κ1) is 19.8. The first-order valence-corrected chi connectivity index (χ1v) is 9.53. The van der Waals surface area contributed by atoms with Gasteiger partial charge in [0.05, 0.1) is 16.1 Å². The maximum atomic E-state index is 10.6. The highest BCUT2D eigenvalue weighted by Crippen LogP contribution is 2.20. The van der Waals surface area contributed by atoms with Crippen LogP contribution in [0, 0.1) is 13.7 Å². The monoisotopic (exact) mass is 487 g/mol. The number of aromatic amines is 1. The highest BCUT2D eigenvalue weighted by atomic mass is 127. The highest BCUT2D eigenvalue weighted by Gasteiger charge is 2.07. The van der Waals surface area contributed by atoms with Gasteiger partial charge in [-0.1, -0.05) is 42.5 Å². The summed E-state index contributed by atoms with van der Waals surface area (Å²) in [5, 5.41) is 18.9. The topological polar surface area (TPSA) is 110 Å². The number of halogens is 1. The van der Waals surface area contributed by atoms with Crippen LogP contribution in [0.1, 0.15) is 11.3 Å². The number of nitrogen functional groups attached to an aromatic ring is 1. The molecule has 1 aromatic heterocycles. The average molecular weight is 487 g/mol. The van der Waals surface area contributed by atoms with Gasteiger partial charge in [-0.3, -0.25) is 21.1 Å². The number of non-ortho nitro benzene ring substituents is 1. The molecule has 0 saturated heterocycles. The summed E-state index contributed by atoms with van der Waals surface area (Å²) in [4.78, 5) is 10.2. The van der Waals surface area contributed by atoms with E-state index in [9.17, 15) is 10.1 Å². The number of anilines is 1. The maximum absolute atomic E-state index is 10.6. The molecular weight excluding hydrogens is 469 g/mol. The molecule has 4 rings (SSSR count). The van der Waals surface area contributed by atoms with Gasteiger partial charge in [0, 0.05) is 33.2 Å². The Bertz CT molecular complexity index is 1080. The number of benzene rings is 3. The van der Waals surface area contributed by atoms with Crippen molar-refractivity contribution in [1.82, 2.24) is 10.2 Å². The molecule has 4 N–H and O–H groups in total. The summed E-state index contributed by atoms with van der Waals surface area (Å²) in [6.45, 7) is 0. The van der Waals surface area contributed by atoms with Crippen molar-refractivity contribution < 1.29 is 4.92 Å². The van der Waals surface area contributed by atoms with E-state index < -0.39 is 4.92 Å². The smallest absolute Gasteiger partial charge is 0.269 e. The van der Waals surface area contributed by atoms with Gasteiger partial charge in [-0.15, -0.1) is 0 Å². The van der Waals surface area contributed by atoms with Crippen LogP contribution < -0.4 is 11.3 Å². The van der Waals surface area contributed by atoms with Crippen molar-refractivity contribution in [3.05, 3.63) is 97.7 Å². The fourth-order valence-corrected chi connectivity index (χ4v) is 3.21. The van der Waals surface area contributed by atoms with Crippen LogP contribution in [0.25, 0.3) is 10.9 Å². The minimum atomic E-state index is -0.393. The van der Waals surface area contributed by atoms with E-state index in [1.165, 1.54) is 12.1 Å². The van der Waals surface area contributed by atoms with Crippen LogP contribution in [-0.4, -0.2) is 15.1 Å². The van der Waals surface area contributed by atoms with Crippen molar-refractivity contribution in [2.75, 3.05) is 5.43 Å². The van der Waals surface area contributed by atoms with Crippen molar-refractivity contribution in [2.24, 2.45) is 5.84 Å². The molecule has 0 unspecified atom stereocenters. The third kappa shape index (κ3) is 4.84. The van der Waals surface area contributed by atoms with E-state index in [4.69, 9.17) is 5.84 Å². The van der Waals surface area contributed by atoms with Gasteiger partial charge in [0.25, 0.3) is 5.69 Å². The number of rotatable bonds is 4. The predicted molar refractivity (Wildman–Crippen MR) is 119 cm³/mol. The van der Waals surface area contributed by atoms with Crippen molar-refractivity contribution in [1.29, 1.82) is 0 Å². The lowest BCUT2D eigenvalue weighted by atomic mass is 10.1. The number of aromatic nitrogens is 2. The lowest BCUT2D eigenvalue weighted by molar-refractivity contribution is -0.384. The molecule has 0 spiro atoms. The van der Waals surface area contributed by atoms with Gasteiger partial charge in [0.1, 0.15) is 0 Å². The number of nitrogens with one attached hydrogen (secondary N) is 2. The first-order valence-electron chi connectivity index (χ1n) is 8.45. The molecule has 0 atom stereocenters. The van der Waals surface area contributed by atoms with E-state index >= 15 is 0 Å². The van der Waals surface area contributed by atoms with E-state index in [0.29, 0.717) is 6.42 Å². The van der Waals surface area contributed by atoms with Crippen LogP contribution in [0.5, 0.6) is 0 Å². The lowest BCUT2D eigenvalue weighted by Gasteiger charge is -1.99. The molecule has 0 aliphatic rings. The molecule has 28 heavy (non-hydrogen) atoms. The number of hydrogen-bond acceptors (Lipinski definition) is 5. The van der Waals surface area contributed by atoms with Gasteiger partial charge in [-0.2, -0.15) is 5.10 Å². The zero-order chi connectivity index (χ0) is 19.9. The number of nitrogens with two attached hydrogens (primary N) is 1. The van der Waals surface area contributed by atoms with E-state index in [0.717, 1.165) is 31.4 Å². The molecule has 0 amide bonds. The van der Waals surface area contributed by atoms with Crippen LogP contribution in [0.4, 0.5) is 11.4 Å². The van der Waals surface area contributed by atoms with Crippen LogP contribution in [0.15, 0.2) is 72.8 Å². The highest BCUT2D eigenvalue weighted by molar-refractivity contribution is 14.1. The first-order chi connectivity index (χ1) is 13.6. The second kappa shape index (κ2) is 9.29. The fourth-order valence-electron chi connectivity index (χ4n) is 2.67. The van der Waals surface area contributed by atoms with E-state index in [2.05, 4.69) is 38.2 Å². The number of nitro benzene ring substituents is 1. The Kier molecular flexibility index (Phi) is 6.56. The Labute approximate surface area is 175 Å². The summed E-state index contributed by atoms with van der Waals surface area (Å²) in [5.74, 6) is 5.20. The average Bonchev–Trinajstić information content (AvgIpc) is 3.12. The molecule has 0 saturated carbocycles. The van der Waals surface area contributed by atoms with Crippen LogP contribution in [-0.2, 0) is 6.42 Å². The number of hydrogen-bond donors (Lipinski definition) is 3. The molecule has 142 valence electrons. The second-order valence-electron chi connectivity index (χ2n) is 5.94. The van der Waals surface area contributed by atoms with Crippen molar-refractivity contribution in [2.45, 2.75) is 6.42 Å². The summed E-state index contributed by atoms with van der Waals surface area (Å²) in [6, 6.07) is 22.3. The van der Waals surface area contributed by atoms with Gasteiger partial charge in [-0.05, 0) is 46.4 Å². The molecule has 7 nitrogen and oxygen atoms in total. The summed E-state index contributed by atoms with van der Waals surface area (Å²) in [6.07, 6.45) is 0.679. The summed E-state index contributed by atoms with van der Waals surface area (Å²) in [5.41, 5.74) is 6.63. The van der Waals surface area contributed by atoms with Crippen LogP contribution in [0.3, 0.4) is 0 Å². The van der Waals surface area contributed by atoms with Crippen LogP contribution >= 0.6 is 22.6 Å². The second-order valence-corrected chi connectivity index (χ2v) is 7.11. The minimum absolute atomic E-state index is 0.109. The molecule has 0 radical (unpaired) electrons. The van der Waals surface area contributed by atoms with E-state index in [-0.39, 0.29) is 5.69 Å². The molecule has 0 bridgehead atoms. The van der Waals surface area contributed by atoms with E-state index in [1.54, 1.807) is 12.1 Å². The quantitative estimate of drug-likeness (QED) is 0.168. The molecular formula is C20H18IN5O2. The third-order valence-corrected chi connectivity index (χ3v) is 5.04. The lowest BCUT2D eigenvalue weighted by Crippen LogP contribution is -2.07. The SMILES string of the molecule is NNc1ccccc1I.O=[N+]([O-])c1ccc(Cc2[nH]nc3ccccc23)cc1. The van der Waals surface area contributed by atoms with Crippen LogP contribution in [0.2, 0.25) is 0 Å². The number of hydrazine groups is 1. The Morgan fingerprint density at radius 1 is 1.04 bits per heavy atom. The van der Waals surface area contributed by atoms with E-state index in [1.807, 2.05) is 48.5 Å². The standard InChI is InChI=1S/C14H11N3O2.C6H7IN2/c18-17(19)11-7-5-10(6-8-11)9-14-12-3-1-2-4-13(12)15-16-14;7-5-3-1-2-4-6(5)9-8/h1-8H,9H2,(H,15,16);1-4,9H,8H2. The molecule has 0 aliphatic carbocycles. The summed E-state index contributed by atoms with van der Waals surface area (Å²) >= 11 is 2.22. The molecule has 3 aromatic carbocycles. The number of H-pyrrole nitrogens is 1. The van der Waals surface area contributed by atoms with Gasteiger partial charge in [0.2, 0.25) is 0 Å². The Morgan fingerprint density at radius 2 is 1.71 bits per heavy atom. The fraction of sp³-hybridized carbons (Fsp3) is 0.0500. The Morgan fingerprint density at radius 3 is 2.36 bits per heavy atom. The minimum Gasteiger partial charge on any atom is -0.323 e. The number of para-hydroxylation sites is 2. The zero-order valence-electron chi connectivity index (χ0n) is 14.8. The zero-order valence-corrected chi connectivity index (χ0v) is 17.0. The molecule has 8 heteroatoms. The largest absolute Gasteiger partial charge is 0.323 e. The normalized spacial score (nSPS) is 10.2. The number of fused-ring (bicyclic) bond motifs is 1. The number of nitrogens with zero attached hydrogens (tertiary/aromatic N) is 2. The van der Waals surface area contributed by atoms with Crippen molar-refractivity contribution in [3.8, 4) is 0 Å². The summed E-state index contributed by atoms with van der Waals surface area (Å²) < 4.78 is 1.14. The Hall–Kier alpha value is -2.98. The predicted octanol–water partition coefficient (Wildman–Crippen LogP) is 4.64. The van der Waals surface area contributed by atoms with Crippen molar-refractivity contribution in [3.63, 3.8) is 0 Å². The maximum Gasteiger partial charge on any atom is 0.269 e. The van der Waals surface area contributed by atoms with Gasteiger partial charge < -0.3 is 5.43 Å². The molecule has 4 aromatic rings. The van der Waals surface area contributed by atoms with Crippen molar-refractivity contribution >= 4 is 44.9 Å². The Balaban J connectivity index is 0.000000211. The number of nitro groups is 1. The third-order valence-electron chi connectivity index (χ3n) is 4.10. The molecule has 0 aliphatic heterocycles. The molecule has 0 fully saturated rings. The molecule has 1 heterocycles. The van der Waals surface area contributed by atoms with Gasteiger partial charge >= 0.3 is 0 Å².